The molecule has 0 aromatic rings. The molecule has 0 unspecified atom stereocenters. The normalized spacial score (nSPS) is 43.5. The molecule has 0 amide bonds. The zero-order chi connectivity index (χ0) is 6.32. The number of hydrogen-bond acceptors (Lipinski definition) is 3. The lowest BCUT2D eigenvalue weighted by atomic mass is 10.1. The maximum Gasteiger partial charge on any atom is 0.105 e. The Hall–Kier alpha value is 0.170. The number of morpholine rings is 1. The van der Waals surface area contributed by atoms with E-state index in [4.69, 9.17) is 9.84 Å². The summed E-state index contributed by atoms with van der Waals surface area (Å²) >= 11 is 0. The number of nitrogens with one attached hydrogen (secondary N) is 1. The Balaban J connectivity index is 0.000000500. The lowest BCUT2D eigenvalue weighted by Crippen LogP contribution is -2.41. The van der Waals surface area contributed by atoms with E-state index in [1.807, 2.05) is 0 Å². The summed E-state index contributed by atoms with van der Waals surface area (Å²) in [6.45, 7) is 1.77. The van der Waals surface area contributed by atoms with Gasteiger partial charge in [-0.25, -0.2) is 0 Å². The van der Waals surface area contributed by atoms with Crippen molar-refractivity contribution < 1.29 is 9.84 Å². The van der Waals surface area contributed by atoms with Gasteiger partial charge in [-0.3, -0.25) is 0 Å². The van der Waals surface area contributed by atoms with Crippen molar-refractivity contribution in [1.29, 1.82) is 0 Å². The first-order chi connectivity index (χ1) is 4.35. The molecule has 4 heteroatoms. The minimum absolute atomic E-state index is 0. The molecule has 2 aliphatic rings. The number of fused-ring (bicyclic) bond motifs is 2. The molecule has 0 radical (unpaired) electrons. The maximum absolute atomic E-state index is 8.88. The van der Waals surface area contributed by atoms with Crippen molar-refractivity contribution in [3.8, 4) is 0 Å². The molecular formula is C6H12ClNO2. The van der Waals surface area contributed by atoms with Crippen LogP contribution in [0.15, 0.2) is 0 Å². The highest BCUT2D eigenvalue weighted by molar-refractivity contribution is 5.85. The summed E-state index contributed by atoms with van der Waals surface area (Å²) in [7, 11) is 0. The summed E-state index contributed by atoms with van der Waals surface area (Å²) in [5.74, 6) is 0. The third-order valence-corrected chi connectivity index (χ3v) is 2.21. The summed E-state index contributed by atoms with van der Waals surface area (Å²) in [6, 6.07) is 0.511. The van der Waals surface area contributed by atoms with Gasteiger partial charge in [0.1, 0.15) is 5.60 Å². The molecule has 2 saturated heterocycles. The summed E-state index contributed by atoms with van der Waals surface area (Å²) in [4.78, 5) is 0. The Morgan fingerprint density at radius 1 is 1.70 bits per heavy atom. The topological polar surface area (TPSA) is 41.5 Å². The number of halogens is 1. The fourth-order valence-electron chi connectivity index (χ4n) is 1.60. The van der Waals surface area contributed by atoms with Crippen molar-refractivity contribution in [2.45, 2.75) is 18.1 Å². The second kappa shape index (κ2) is 2.66. The second-order valence-corrected chi connectivity index (χ2v) is 2.93. The Kier molecular flexibility index (Phi) is 2.20. The van der Waals surface area contributed by atoms with Crippen LogP contribution in [0.5, 0.6) is 0 Å². The third-order valence-electron chi connectivity index (χ3n) is 2.21. The number of aliphatic hydroxyl groups excluding tert-OH is 1. The van der Waals surface area contributed by atoms with E-state index < -0.39 is 0 Å². The number of rotatable bonds is 1. The fourth-order valence-corrected chi connectivity index (χ4v) is 1.60. The van der Waals surface area contributed by atoms with E-state index in [0.29, 0.717) is 6.04 Å². The van der Waals surface area contributed by atoms with Crippen LogP contribution in [-0.4, -0.2) is 36.5 Å². The molecule has 2 fully saturated rings. The first kappa shape index (κ1) is 8.27. The van der Waals surface area contributed by atoms with Crippen molar-refractivity contribution in [2.24, 2.45) is 0 Å². The van der Waals surface area contributed by atoms with Gasteiger partial charge < -0.3 is 15.2 Å². The maximum atomic E-state index is 8.88. The quantitative estimate of drug-likeness (QED) is 0.552. The minimum Gasteiger partial charge on any atom is -0.393 e. The molecule has 10 heavy (non-hydrogen) atoms. The van der Waals surface area contributed by atoms with Crippen molar-refractivity contribution in [1.82, 2.24) is 5.32 Å². The lowest BCUT2D eigenvalue weighted by Gasteiger charge is -2.23. The summed E-state index contributed by atoms with van der Waals surface area (Å²) in [5, 5.41) is 12.1. The standard InChI is InChI=1S/C6H11NO2.ClH/c8-4-6-1-5(2-9-6)7-3-6;/h5,7-8H,1-4H2;1H/t5-,6-;/m1./s1. The monoisotopic (exact) mass is 165 g/mol. The number of aliphatic hydroxyl groups is 1. The van der Waals surface area contributed by atoms with Crippen LogP contribution in [0.2, 0.25) is 0 Å². The van der Waals surface area contributed by atoms with Crippen molar-refractivity contribution in [3.63, 3.8) is 0 Å². The number of hydrogen-bond donors (Lipinski definition) is 2. The molecule has 2 bridgehead atoms. The molecule has 0 saturated carbocycles. The highest BCUT2D eigenvalue weighted by Gasteiger charge is 2.45. The largest absolute Gasteiger partial charge is 0.393 e. The molecule has 0 aliphatic carbocycles. The summed E-state index contributed by atoms with van der Waals surface area (Å²) in [5.41, 5.74) is -0.204. The highest BCUT2D eigenvalue weighted by atomic mass is 35.5. The van der Waals surface area contributed by atoms with Crippen LogP contribution >= 0.6 is 12.4 Å². The molecule has 2 N–H and O–H groups in total. The first-order valence-electron chi connectivity index (χ1n) is 3.33. The van der Waals surface area contributed by atoms with Gasteiger partial charge in [-0.2, -0.15) is 0 Å². The van der Waals surface area contributed by atoms with Gasteiger partial charge in [0, 0.05) is 12.6 Å². The Labute approximate surface area is 66.2 Å². The average Bonchev–Trinajstić information content (AvgIpc) is 2.46. The van der Waals surface area contributed by atoms with E-state index >= 15 is 0 Å². The fraction of sp³-hybridized carbons (Fsp3) is 1.00. The van der Waals surface area contributed by atoms with E-state index in [2.05, 4.69) is 5.32 Å². The molecule has 2 heterocycles. The van der Waals surface area contributed by atoms with Gasteiger partial charge in [0.15, 0.2) is 0 Å². The van der Waals surface area contributed by atoms with Crippen LogP contribution in [0.25, 0.3) is 0 Å². The third kappa shape index (κ3) is 1.03. The predicted octanol–water partition coefficient (Wildman–Crippen LogP) is -0.469. The Bertz CT molecular complexity index is 123. The van der Waals surface area contributed by atoms with Crippen LogP contribution in [0.1, 0.15) is 6.42 Å². The molecule has 0 aromatic carbocycles. The second-order valence-electron chi connectivity index (χ2n) is 2.93. The van der Waals surface area contributed by atoms with Gasteiger partial charge >= 0.3 is 0 Å². The zero-order valence-electron chi connectivity index (χ0n) is 5.67. The summed E-state index contributed by atoms with van der Waals surface area (Å²) in [6.07, 6.45) is 0.990. The van der Waals surface area contributed by atoms with Gasteiger partial charge in [0.2, 0.25) is 0 Å². The Morgan fingerprint density at radius 2 is 2.50 bits per heavy atom. The smallest absolute Gasteiger partial charge is 0.105 e. The lowest BCUT2D eigenvalue weighted by molar-refractivity contribution is -0.0432. The van der Waals surface area contributed by atoms with E-state index in [1.165, 1.54) is 0 Å². The predicted molar refractivity (Wildman–Crippen MR) is 39.4 cm³/mol. The van der Waals surface area contributed by atoms with E-state index in [1.54, 1.807) is 0 Å². The van der Waals surface area contributed by atoms with Crippen molar-refractivity contribution >= 4 is 12.4 Å². The van der Waals surface area contributed by atoms with Crippen molar-refractivity contribution in [2.75, 3.05) is 19.8 Å². The SMILES string of the molecule is Cl.OC[C@@]12CN[C@@H](CO1)C2. The van der Waals surface area contributed by atoms with Crippen LogP contribution in [0, 0.1) is 0 Å². The number of ether oxygens (including phenoxy) is 1. The van der Waals surface area contributed by atoms with Crippen LogP contribution in [0.4, 0.5) is 0 Å². The van der Waals surface area contributed by atoms with E-state index in [0.717, 1.165) is 19.6 Å². The molecular weight excluding hydrogens is 154 g/mol. The van der Waals surface area contributed by atoms with E-state index in [-0.39, 0.29) is 24.6 Å². The molecule has 60 valence electrons. The van der Waals surface area contributed by atoms with Crippen LogP contribution in [0.3, 0.4) is 0 Å². The average molecular weight is 166 g/mol. The van der Waals surface area contributed by atoms with Crippen LogP contribution in [-0.2, 0) is 4.74 Å². The van der Waals surface area contributed by atoms with Crippen molar-refractivity contribution in [3.05, 3.63) is 0 Å². The van der Waals surface area contributed by atoms with E-state index in [9.17, 15) is 0 Å². The minimum atomic E-state index is -0.204. The molecule has 2 aliphatic heterocycles. The molecule has 2 rings (SSSR count). The van der Waals surface area contributed by atoms with Gasteiger partial charge in [-0.15, -0.1) is 12.4 Å². The Morgan fingerprint density at radius 3 is 2.70 bits per heavy atom. The molecule has 2 atom stereocenters. The molecule has 3 nitrogen and oxygen atoms in total. The summed E-state index contributed by atoms with van der Waals surface area (Å²) < 4.78 is 5.38. The molecule has 0 aromatic heterocycles. The highest BCUT2D eigenvalue weighted by Crippen LogP contribution is 2.30. The molecule has 0 spiro atoms. The zero-order valence-corrected chi connectivity index (χ0v) is 6.49. The van der Waals surface area contributed by atoms with Gasteiger partial charge in [0.05, 0.1) is 13.2 Å². The van der Waals surface area contributed by atoms with Gasteiger partial charge in [-0.05, 0) is 6.42 Å². The van der Waals surface area contributed by atoms with Gasteiger partial charge in [0.25, 0.3) is 0 Å². The van der Waals surface area contributed by atoms with Crippen LogP contribution < -0.4 is 5.32 Å². The first-order valence-corrected chi connectivity index (χ1v) is 3.33. The van der Waals surface area contributed by atoms with Gasteiger partial charge in [-0.1, -0.05) is 0 Å².